The van der Waals surface area contributed by atoms with Gasteiger partial charge in [-0.2, -0.15) is 5.10 Å². The van der Waals surface area contributed by atoms with Crippen LogP contribution in [0, 0.1) is 0 Å². The second kappa shape index (κ2) is 7.41. The molecular formula is C16H23N5O2. The molecule has 0 aliphatic carbocycles. The molecule has 0 bridgehead atoms. The van der Waals surface area contributed by atoms with Gasteiger partial charge in [0.1, 0.15) is 18.4 Å². The first kappa shape index (κ1) is 15.7. The van der Waals surface area contributed by atoms with E-state index in [9.17, 15) is 4.79 Å². The van der Waals surface area contributed by atoms with Crippen molar-refractivity contribution in [3.63, 3.8) is 0 Å². The highest BCUT2D eigenvalue weighted by atomic mass is 16.3. The Morgan fingerprint density at radius 3 is 3.17 bits per heavy atom. The average Bonchev–Trinajstić information content (AvgIpc) is 3.26. The van der Waals surface area contributed by atoms with Crippen LogP contribution in [0.4, 0.5) is 0 Å². The number of rotatable bonds is 6. The van der Waals surface area contributed by atoms with E-state index in [-0.39, 0.29) is 11.9 Å². The summed E-state index contributed by atoms with van der Waals surface area (Å²) < 4.78 is 7.10. The Kier molecular flexibility index (Phi) is 5.07. The van der Waals surface area contributed by atoms with Crippen LogP contribution in [0.5, 0.6) is 0 Å². The zero-order valence-corrected chi connectivity index (χ0v) is 13.4. The van der Waals surface area contributed by atoms with E-state index < -0.39 is 0 Å². The van der Waals surface area contributed by atoms with Crippen molar-refractivity contribution >= 4 is 5.91 Å². The topological polar surface area (TPSA) is 76.2 Å². The minimum Gasteiger partial charge on any atom is -0.467 e. The first-order valence-electron chi connectivity index (χ1n) is 8.12. The number of nitrogens with one attached hydrogen (secondary N) is 1. The van der Waals surface area contributed by atoms with Crippen LogP contribution >= 0.6 is 0 Å². The summed E-state index contributed by atoms with van der Waals surface area (Å²) in [4.78, 5) is 18.7. The van der Waals surface area contributed by atoms with Gasteiger partial charge in [0.05, 0.1) is 25.4 Å². The van der Waals surface area contributed by atoms with Gasteiger partial charge in [-0.05, 0) is 38.4 Å². The zero-order valence-electron chi connectivity index (χ0n) is 13.4. The van der Waals surface area contributed by atoms with Crippen molar-refractivity contribution in [3.05, 3.63) is 36.8 Å². The third-order valence-electron chi connectivity index (χ3n) is 4.43. The minimum atomic E-state index is -0.168. The molecule has 0 radical (unpaired) electrons. The molecule has 2 aromatic rings. The van der Waals surface area contributed by atoms with Crippen LogP contribution in [0.2, 0.25) is 0 Å². The summed E-state index contributed by atoms with van der Waals surface area (Å²) in [6.45, 7) is 4.11. The SMILES string of the molecule is C[C@@H](C(=O)NCc1ccco1)N1CCCC[C@H]1Cn1cncn1. The van der Waals surface area contributed by atoms with Crippen molar-refractivity contribution < 1.29 is 9.21 Å². The van der Waals surface area contributed by atoms with Crippen LogP contribution in [0.25, 0.3) is 0 Å². The Labute approximate surface area is 135 Å². The highest BCUT2D eigenvalue weighted by molar-refractivity contribution is 5.81. The predicted octanol–water partition coefficient (Wildman–Crippen LogP) is 1.43. The Morgan fingerprint density at radius 2 is 2.43 bits per heavy atom. The molecule has 7 heteroatoms. The molecule has 0 spiro atoms. The van der Waals surface area contributed by atoms with E-state index in [1.54, 1.807) is 18.9 Å². The summed E-state index contributed by atoms with van der Waals surface area (Å²) in [7, 11) is 0. The van der Waals surface area contributed by atoms with Gasteiger partial charge in [-0.3, -0.25) is 14.4 Å². The molecule has 23 heavy (non-hydrogen) atoms. The van der Waals surface area contributed by atoms with Crippen molar-refractivity contribution in [2.24, 2.45) is 0 Å². The normalized spacial score (nSPS) is 20.3. The maximum absolute atomic E-state index is 12.5. The molecule has 3 heterocycles. The number of amides is 1. The standard InChI is InChI=1S/C16H23N5O2/c1-13(16(22)18-9-15-6-4-8-23-15)21-7-3-2-5-14(21)10-20-12-17-11-19-20/h4,6,8,11-14H,2-3,5,7,9-10H2,1H3,(H,18,22)/t13-,14-/m0/s1. The number of furan rings is 1. The van der Waals surface area contributed by atoms with E-state index >= 15 is 0 Å². The van der Waals surface area contributed by atoms with Crippen molar-refractivity contribution in [2.75, 3.05) is 6.54 Å². The van der Waals surface area contributed by atoms with Crippen LogP contribution in [-0.4, -0.2) is 44.2 Å². The number of hydrogen-bond acceptors (Lipinski definition) is 5. The lowest BCUT2D eigenvalue weighted by Gasteiger charge is -2.39. The number of nitrogens with zero attached hydrogens (tertiary/aromatic N) is 4. The fourth-order valence-corrected chi connectivity index (χ4v) is 3.16. The van der Waals surface area contributed by atoms with E-state index in [1.807, 2.05) is 23.7 Å². The summed E-state index contributed by atoms with van der Waals surface area (Å²) in [5.41, 5.74) is 0. The maximum Gasteiger partial charge on any atom is 0.237 e. The van der Waals surface area contributed by atoms with Gasteiger partial charge in [0.2, 0.25) is 5.91 Å². The number of aromatic nitrogens is 3. The molecule has 1 amide bonds. The van der Waals surface area contributed by atoms with E-state index in [1.165, 1.54) is 6.42 Å². The number of carbonyl (C=O) groups excluding carboxylic acids is 1. The first-order chi connectivity index (χ1) is 11.2. The molecule has 2 aromatic heterocycles. The lowest BCUT2D eigenvalue weighted by molar-refractivity contribution is -0.127. The number of hydrogen-bond donors (Lipinski definition) is 1. The van der Waals surface area contributed by atoms with Gasteiger partial charge in [-0.1, -0.05) is 6.42 Å². The number of piperidine rings is 1. The molecule has 1 fully saturated rings. The number of likely N-dealkylation sites (tertiary alicyclic amines) is 1. The lowest BCUT2D eigenvalue weighted by Crippen LogP contribution is -2.52. The first-order valence-corrected chi connectivity index (χ1v) is 8.12. The van der Waals surface area contributed by atoms with Crippen molar-refractivity contribution in [1.29, 1.82) is 0 Å². The highest BCUT2D eigenvalue weighted by Crippen LogP contribution is 2.21. The van der Waals surface area contributed by atoms with Gasteiger partial charge < -0.3 is 9.73 Å². The summed E-state index contributed by atoms with van der Waals surface area (Å²) in [5, 5.41) is 7.14. The van der Waals surface area contributed by atoms with Gasteiger partial charge in [0.25, 0.3) is 0 Å². The molecule has 0 aromatic carbocycles. The fraction of sp³-hybridized carbons (Fsp3) is 0.562. The Hall–Kier alpha value is -2.15. The van der Waals surface area contributed by atoms with Crippen LogP contribution in [0.15, 0.2) is 35.5 Å². The van der Waals surface area contributed by atoms with E-state index in [0.29, 0.717) is 12.6 Å². The third-order valence-corrected chi connectivity index (χ3v) is 4.43. The molecule has 7 nitrogen and oxygen atoms in total. The molecule has 124 valence electrons. The van der Waals surface area contributed by atoms with E-state index in [2.05, 4.69) is 20.3 Å². The highest BCUT2D eigenvalue weighted by Gasteiger charge is 2.30. The van der Waals surface area contributed by atoms with Gasteiger partial charge in [0, 0.05) is 6.04 Å². The lowest BCUT2D eigenvalue weighted by atomic mass is 9.99. The zero-order chi connectivity index (χ0) is 16.1. The van der Waals surface area contributed by atoms with Gasteiger partial charge in [0.15, 0.2) is 0 Å². The Bertz CT molecular complexity index is 596. The van der Waals surface area contributed by atoms with Gasteiger partial charge >= 0.3 is 0 Å². The largest absolute Gasteiger partial charge is 0.467 e. The molecule has 3 rings (SSSR count). The second-order valence-corrected chi connectivity index (χ2v) is 5.98. The van der Waals surface area contributed by atoms with Crippen LogP contribution in [0.3, 0.4) is 0 Å². The molecule has 1 saturated heterocycles. The van der Waals surface area contributed by atoms with Crippen molar-refractivity contribution in [2.45, 2.75) is 51.4 Å². The predicted molar refractivity (Wildman–Crippen MR) is 84.4 cm³/mol. The van der Waals surface area contributed by atoms with Crippen molar-refractivity contribution in [1.82, 2.24) is 25.0 Å². The molecule has 0 unspecified atom stereocenters. The second-order valence-electron chi connectivity index (χ2n) is 5.98. The molecule has 0 saturated carbocycles. The van der Waals surface area contributed by atoms with Crippen LogP contribution in [0.1, 0.15) is 31.9 Å². The fourth-order valence-electron chi connectivity index (χ4n) is 3.16. The molecule has 1 aliphatic rings. The molecular weight excluding hydrogens is 294 g/mol. The third kappa shape index (κ3) is 3.98. The average molecular weight is 317 g/mol. The summed E-state index contributed by atoms with van der Waals surface area (Å²) >= 11 is 0. The molecule has 1 N–H and O–H groups in total. The van der Waals surface area contributed by atoms with E-state index in [4.69, 9.17) is 4.42 Å². The van der Waals surface area contributed by atoms with E-state index in [0.717, 1.165) is 31.7 Å². The Balaban J connectivity index is 1.58. The maximum atomic E-state index is 12.5. The monoisotopic (exact) mass is 317 g/mol. The van der Waals surface area contributed by atoms with Crippen LogP contribution in [-0.2, 0) is 17.9 Å². The van der Waals surface area contributed by atoms with Crippen LogP contribution < -0.4 is 5.32 Å². The quantitative estimate of drug-likeness (QED) is 0.872. The van der Waals surface area contributed by atoms with Gasteiger partial charge in [-0.25, -0.2) is 4.98 Å². The number of carbonyl (C=O) groups is 1. The minimum absolute atomic E-state index is 0.0342. The smallest absolute Gasteiger partial charge is 0.237 e. The van der Waals surface area contributed by atoms with Crippen molar-refractivity contribution in [3.8, 4) is 0 Å². The Morgan fingerprint density at radius 1 is 1.52 bits per heavy atom. The summed E-state index contributed by atoms with van der Waals surface area (Å²) in [5.74, 6) is 0.801. The van der Waals surface area contributed by atoms with Gasteiger partial charge in [-0.15, -0.1) is 0 Å². The summed E-state index contributed by atoms with van der Waals surface area (Å²) in [6, 6.07) is 3.83. The summed E-state index contributed by atoms with van der Waals surface area (Å²) in [6.07, 6.45) is 8.29. The molecule has 2 atom stereocenters. The molecule has 1 aliphatic heterocycles.